The van der Waals surface area contributed by atoms with Gasteiger partial charge < -0.3 is 15.0 Å². The summed E-state index contributed by atoms with van der Waals surface area (Å²) in [6.45, 7) is 4.55. The van der Waals surface area contributed by atoms with Gasteiger partial charge >= 0.3 is 0 Å². The topological polar surface area (TPSA) is 112 Å². The Morgan fingerprint density at radius 3 is 2.43 bits per heavy atom. The van der Waals surface area contributed by atoms with Gasteiger partial charge in [-0.05, 0) is 61.4 Å². The van der Waals surface area contributed by atoms with Crippen LogP contribution in [0.2, 0.25) is 0 Å². The normalized spacial score (nSPS) is 15.1. The summed E-state index contributed by atoms with van der Waals surface area (Å²) < 4.78 is 18.9. The van der Waals surface area contributed by atoms with Gasteiger partial charge in [0.1, 0.15) is 29.5 Å². The van der Waals surface area contributed by atoms with Crippen molar-refractivity contribution in [2.75, 3.05) is 31.0 Å². The molecule has 1 fully saturated rings. The largest absolute Gasteiger partial charge is 0.457 e. The van der Waals surface area contributed by atoms with Gasteiger partial charge in [0.2, 0.25) is 0 Å². The molecule has 1 aliphatic heterocycles. The first-order valence-electron chi connectivity index (χ1n) is 11.5. The van der Waals surface area contributed by atoms with Gasteiger partial charge in [-0.25, -0.2) is 19.8 Å². The van der Waals surface area contributed by atoms with E-state index < -0.39 is 0 Å². The van der Waals surface area contributed by atoms with Crippen LogP contribution in [0.15, 0.2) is 66.5 Å². The third kappa shape index (κ3) is 6.41. The third-order valence-corrected chi connectivity index (χ3v) is 5.93. The Bertz CT molecular complexity index is 1290. The van der Waals surface area contributed by atoms with Crippen LogP contribution < -0.4 is 15.5 Å². The van der Waals surface area contributed by atoms with Gasteiger partial charge in [0.15, 0.2) is 5.82 Å². The number of hydrogen-bond donors (Lipinski definition) is 3. The van der Waals surface area contributed by atoms with E-state index in [4.69, 9.17) is 26.6 Å². The fourth-order valence-electron chi connectivity index (χ4n) is 4.02. The number of hydrogen-bond acceptors (Lipinski definition) is 8. The van der Waals surface area contributed by atoms with Gasteiger partial charge in [0.05, 0.1) is 23.4 Å². The number of anilines is 2. The number of ether oxygens (including phenoxy) is 1. The summed E-state index contributed by atoms with van der Waals surface area (Å²) in [6, 6.07) is 12.5. The molecule has 1 amide bonds. The molecule has 0 spiro atoms. The number of amides is 1. The Morgan fingerprint density at radius 1 is 1.14 bits per heavy atom. The van der Waals surface area contributed by atoms with E-state index in [0.29, 0.717) is 47.4 Å². The van der Waals surface area contributed by atoms with Crippen molar-refractivity contribution in [3.8, 4) is 11.5 Å². The molecule has 2 heterocycles. The van der Waals surface area contributed by atoms with E-state index in [1.807, 2.05) is 0 Å². The highest BCUT2D eigenvalue weighted by Crippen LogP contribution is 2.28. The molecular weight excluding hydrogens is 499 g/mol. The first kappa shape index (κ1) is 26.1. The van der Waals surface area contributed by atoms with E-state index in [1.165, 1.54) is 37.7 Å². The zero-order chi connectivity index (χ0) is 26.4. The fraction of sp³-hybridized carbons (Fsp3) is 0.231. The summed E-state index contributed by atoms with van der Waals surface area (Å²) in [4.78, 5) is 27.7. The van der Waals surface area contributed by atoms with Gasteiger partial charge in [0, 0.05) is 24.7 Å². The molecule has 0 aliphatic carbocycles. The minimum Gasteiger partial charge on any atom is -0.457 e. The van der Waals surface area contributed by atoms with Crippen molar-refractivity contribution >= 4 is 34.9 Å². The fourth-order valence-corrected chi connectivity index (χ4v) is 4.14. The third-order valence-electron chi connectivity index (χ3n) is 5.77. The molecule has 9 nitrogen and oxygen atoms in total. The molecule has 1 saturated heterocycles. The summed E-state index contributed by atoms with van der Waals surface area (Å²) in [6.07, 6.45) is 2.95. The highest BCUT2D eigenvalue weighted by atomic mass is 35.5. The molecule has 4 rings (SSSR count). The maximum absolute atomic E-state index is 13.1. The molecule has 0 saturated carbocycles. The second-order valence-corrected chi connectivity index (χ2v) is 8.80. The van der Waals surface area contributed by atoms with Crippen molar-refractivity contribution in [1.82, 2.24) is 14.9 Å². The van der Waals surface area contributed by atoms with Crippen LogP contribution in [0.3, 0.4) is 0 Å². The minimum atomic E-state index is -0.344. The number of halogens is 2. The number of piperidine rings is 1. The zero-order valence-corrected chi connectivity index (χ0v) is 20.9. The van der Waals surface area contributed by atoms with E-state index in [-0.39, 0.29) is 28.5 Å². The molecule has 2 aromatic carbocycles. The highest BCUT2D eigenvalue weighted by molar-refractivity contribution is 6.41. The maximum Gasteiger partial charge on any atom is 0.264 e. The minimum absolute atomic E-state index is 0.0245. The average molecular weight is 525 g/mol. The standard InChI is InChI=1S/C26H26ClFN6O3/c1-16(27)26(35)34-13-3-4-19(14-34)32-24-22(25(33-36-2)31-15-30-24)23(29)17-5-9-20(10-6-17)37-21-11-7-18(28)8-12-21/h5-12,15,19,29H,1,3-4,13-14H2,2H3,(H2,30,31,32,33). The smallest absolute Gasteiger partial charge is 0.264 e. The van der Waals surface area contributed by atoms with Crippen molar-refractivity contribution in [3.63, 3.8) is 0 Å². The van der Waals surface area contributed by atoms with E-state index in [1.54, 1.807) is 29.2 Å². The van der Waals surface area contributed by atoms with Crippen molar-refractivity contribution in [2.24, 2.45) is 0 Å². The molecule has 1 aliphatic rings. The number of carbonyl (C=O) groups is 1. The molecule has 0 radical (unpaired) electrons. The summed E-state index contributed by atoms with van der Waals surface area (Å²) in [5.74, 6) is 1.13. The molecular formula is C26H26ClFN6O3. The Labute approximate surface area is 218 Å². The SMILES string of the molecule is C=C(Cl)C(=O)N1CCCC(Nc2ncnc(NOC)c2C(=N)c2ccc(Oc3ccc(F)cc3)cc2)C1. The van der Waals surface area contributed by atoms with Crippen LogP contribution in [-0.4, -0.2) is 52.7 Å². The summed E-state index contributed by atoms with van der Waals surface area (Å²) in [7, 11) is 1.45. The second kappa shape index (κ2) is 11.8. The van der Waals surface area contributed by atoms with Gasteiger partial charge in [-0.3, -0.25) is 15.0 Å². The predicted octanol–water partition coefficient (Wildman–Crippen LogP) is 4.95. The van der Waals surface area contributed by atoms with Gasteiger partial charge in [-0.15, -0.1) is 0 Å². The Morgan fingerprint density at radius 2 is 1.78 bits per heavy atom. The van der Waals surface area contributed by atoms with E-state index in [0.717, 1.165) is 12.8 Å². The zero-order valence-electron chi connectivity index (χ0n) is 20.1. The lowest BCUT2D eigenvalue weighted by Gasteiger charge is -2.33. The number of nitrogens with one attached hydrogen (secondary N) is 3. The molecule has 1 aromatic heterocycles. The van der Waals surface area contributed by atoms with Crippen LogP contribution in [0.4, 0.5) is 16.0 Å². The second-order valence-electron chi connectivity index (χ2n) is 8.35. The molecule has 3 aromatic rings. The number of nitrogens with zero attached hydrogens (tertiary/aromatic N) is 3. The van der Waals surface area contributed by atoms with Crippen LogP contribution in [0.1, 0.15) is 24.0 Å². The number of likely N-dealkylation sites (tertiary alicyclic amines) is 1. The predicted molar refractivity (Wildman–Crippen MR) is 140 cm³/mol. The van der Waals surface area contributed by atoms with Crippen LogP contribution in [0, 0.1) is 11.2 Å². The summed E-state index contributed by atoms with van der Waals surface area (Å²) in [5.41, 5.74) is 3.85. The first-order chi connectivity index (χ1) is 17.9. The molecule has 1 unspecified atom stereocenters. The van der Waals surface area contributed by atoms with Crippen molar-refractivity contribution in [1.29, 1.82) is 5.41 Å². The Hall–Kier alpha value is -4.02. The first-order valence-corrected chi connectivity index (χ1v) is 11.9. The lowest BCUT2D eigenvalue weighted by molar-refractivity contribution is -0.127. The van der Waals surface area contributed by atoms with E-state index in [2.05, 4.69) is 27.3 Å². The van der Waals surface area contributed by atoms with E-state index in [9.17, 15) is 9.18 Å². The number of benzene rings is 2. The number of carbonyl (C=O) groups excluding carboxylic acids is 1. The lowest BCUT2D eigenvalue weighted by Crippen LogP contribution is -2.45. The molecule has 3 N–H and O–H groups in total. The number of aromatic nitrogens is 2. The van der Waals surface area contributed by atoms with Crippen molar-refractivity contribution < 1.29 is 18.8 Å². The van der Waals surface area contributed by atoms with Crippen molar-refractivity contribution in [3.05, 3.63) is 83.4 Å². The summed E-state index contributed by atoms with van der Waals surface area (Å²) in [5, 5.41) is 12.3. The van der Waals surface area contributed by atoms with Gasteiger partial charge in [0.25, 0.3) is 5.91 Å². The molecule has 11 heteroatoms. The average Bonchev–Trinajstić information content (AvgIpc) is 2.90. The van der Waals surface area contributed by atoms with Crippen LogP contribution in [0.25, 0.3) is 0 Å². The molecule has 37 heavy (non-hydrogen) atoms. The van der Waals surface area contributed by atoms with Crippen molar-refractivity contribution in [2.45, 2.75) is 18.9 Å². The van der Waals surface area contributed by atoms with Crippen LogP contribution >= 0.6 is 11.6 Å². The molecule has 192 valence electrons. The Kier molecular flexibility index (Phi) is 8.32. The summed E-state index contributed by atoms with van der Waals surface area (Å²) >= 11 is 5.82. The van der Waals surface area contributed by atoms with Crippen LogP contribution in [-0.2, 0) is 9.63 Å². The van der Waals surface area contributed by atoms with Gasteiger partial charge in [-0.2, -0.15) is 0 Å². The maximum atomic E-state index is 13.1. The highest BCUT2D eigenvalue weighted by Gasteiger charge is 2.27. The molecule has 1 atom stereocenters. The molecule has 0 bridgehead atoms. The lowest BCUT2D eigenvalue weighted by atomic mass is 10.0. The quantitative estimate of drug-likeness (QED) is 0.206. The monoisotopic (exact) mass is 524 g/mol. The number of rotatable bonds is 9. The Balaban J connectivity index is 1.56. The van der Waals surface area contributed by atoms with Crippen LogP contribution in [0.5, 0.6) is 11.5 Å². The van der Waals surface area contributed by atoms with E-state index >= 15 is 0 Å². The van der Waals surface area contributed by atoms with Gasteiger partial charge in [-0.1, -0.05) is 18.2 Å².